The minimum Gasteiger partial charge on any atom is -0.493 e. The van der Waals surface area contributed by atoms with Crippen molar-refractivity contribution in [2.24, 2.45) is 0 Å². The number of anilines is 2. The highest BCUT2D eigenvalue weighted by atomic mass is 16.5. The molecular weight excluding hydrogens is 420 g/mol. The van der Waals surface area contributed by atoms with Gasteiger partial charge in [0.25, 0.3) is 0 Å². The normalized spacial score (nSPS) is 14.8. The third-order valence-electron chi connectivity index (χ3n) is 5.84. The van der Waals surface area contributed by atoms with E-state index in [1.165, 1.54) is 0 Å². The van der Waals surface area contributed by atoms with E-state index in [1.807, 2.05) is 18.2 Å². The number of nitrogen functional groups attached to an aromatic ring is 1. The quantitative estimate of drug-likeness (QED) is 0.543. The Labute approximate surface area is 194 Å². The zero-order valence-electron chi connectivity index (χ0n) is 19.8. The predicted octanol–water partition coefficient (Wildman–Crippen LogP) is 1.76. The maximum absolute atomic E-state index is 6.01. The van der Waals surface area contributed by atoms with E-state index in [0.717, 1.165) is 57.1 Å². The number of ether oxygens (including phenoxy) is 2. The molecule has 1 saturated heterocycles. The molecule has 1 aliphatic rings. The molecule has 3 aromatic rings. The number of nitrogens with zero attached hydrogens (tertiary/aromatic N) is 7. The molecule has 3 heterocycles. The Kier molecular flexibility index (Phi) is 7.05. The van der Waals surface area contributed by atoms with E-state index in [4.69, 9.17) is 20.2 Å². The Morgan fingerprint density at radius 1 is 1.00 bits per heavy atom. The van der Waals surface area contributed by atoms with Gasteiger partial charge in [0.1, 0.15) is 0 Å². The van der Waals surface area contributed by atoms with Crippen molar-refractivity contribution in [3.8, 4) is 22.8 Å². The lowest BCUT2D eigenvalue weighted by Crippen LogP contribution is -2.47. The third kappa shape index (κ3) is 5.23. The SMILES string of the molecule is COc1ccc(-c2cnc3nc(N)nc(N4CCN(CCCN(C)C)CC4)c3n2)cc1OC. The summed E-state index contributed by atoms with van der Waals surface area (Å²) in [5.74, 6) is 2.24. The smallest absolute Gasteiger partial charge is 0.224 e. The minimum atomic E-state index is 0.207. The van der Waals surface area contributed by atoms with Gasteiger partial charge < -0.3 is 25.0 Å². The van der Waals surface area contributed by atoms with Crippen molar-refractivity contribution in [2.75, 3.05) is 78.2 Å². The van der Waals surface area contributed by atoms with Crippen LogP contribution in [-0.2, 0) is 0 Å². The van der Waals surface area contributed by atoms with E-state index >= 15 is 0 Å². The van der Waals surface area contributed by atoms with Gasteiger partial charge in [0, 0.05) is 31.7 Å². The van der Waals surface area contributed by atoms with Gasteiger partial charge in [0.05, 0.1) is 26.1 Å². The van der Waals surface area contributed by atoms with E-state index in [1.54, 1.807) is 20.4 Å². The topological polar surface area (TPSA) is 106 Å². The number of rotatable bonds is 8. The molecule has 2 N–H and O–H groups in total. The first-order valence-electron chi connectivity index (χ1n) is 11.1. The summed E-state index contributed by atoms with van der Waals surface area (Å²) in [6, 6.07) is 5.68. The number of methoxy groups -OCH3 is 2. The summed E-state index contributed by atoms with van der Waals surface area (Å²) in [7, 11) is 7.45. The fourth-order valence-corrected chi connectivity index (χ4v) is 4.06. The van der Waals surface area contributed by atoms with Crippen molar-refractivity contribution in [2.45, 2.75) is 6.42 Å². The van der Waals surface area contributed by atoms with E-state index in [-0.39, 0.29) is 5.95 Å². The average Bonchev–Trinajstić information content (AvgIpc) is 2.83. The lowest BCUT2D eigenvalue weighted by Gasteiger charge is -2.35. The first-order chi connectivity index (χ1) is 16.0. The van der Waals surface area contributed by atoms with E-state index < -0.39 is 0 Å². The van der Waals surface area contributed by atoms with Gasteiger partial charge in [0.15, 0.2) is 28.5 Å². The number of benzene rings is 1. The van der Waals surface area contributed by atoms with Crippen LogP contribution < -0.4 is 20.1 Å². The minimum absolute atomic E-state index is 0.207. The number of fused-ring (bicyclic) bond motifs is 1. The maximum Gasteiger partial charge on any atom is 0.224 e. The predicted molar refractivity (Wildman–Crippen MR) is 130 cm³/mol. The average molecular weight is 453 g/mol. The third-order valence-corrected chi connectivity index (χ3v) is 5.84. The largest absolute Gasteiger partial charge is 0.493 e. The van der Waals surface area contributed by atoms with Gasteiger partial charge >= 0.3 is 0 Å². The second-order valence-electron chi connectivity index (χ2n) is 8.39. The molecule has 0 amide bonds. The summed E-state index contributed by atoms with van der Waals surface area (Å²) < 4.78 is 10.8. The summed E-state index contributed by atoms with van der Waals surface area (Å²) in [6.07, 6.45) is 2.86. The Balaban J connectivity index is 1.59. The number of piperazine rings is 1. The number of nitrogens with two attached hydrogens (primary N) is 1. The molecule has 1 fully saturated rings. The summed E-state index contributed by atoms with van der Waals surface area (Å²) in [4.78, 5) is 25.2. The zero-order valence-corrected chi connectivity index (χ0v) is 19.8. The second-order valence-corrected chi connectivity index (χ2v) is 8.39. The molecule has 176 valence electrons. The molecule has 0 bridgehead atoms. The van der Waals surface area contributed by atoms with Gasteiger partial charge in [-0.3, -0.25) is 4.90 Å². The van der Waals surface area contributed by atoms with Crippen LogP contribution in [-0.4, -0.2) is 97.3 Å². The van der Waals surface area contributed by atoms with Crippen molar-refractivity contribution in [1.82, 2.24) is 29.7 Å². The first kappa shape index (κ1) is 22.9. The highest BCUT2D eigenvalue weighted by Crippen LogP contribution is 2.32. The Hall–Kier alpha value is -3.24. The highest BCUT2D eigenvalue weighted by Gasteiger charge is 2.22. The molecule has 0 atom stereocenters. The van der Waals surface area contributed by atoms with Crippen molar-refractivity contribution in [3.05, 3.63) is 24.4 Å². The first-order valence-corrected chi connectivity index (χ1v) is 11.1. The van der Waals surface area contributed by atoms with Crippen LogP contribution in [0.3, 0.4) is 0 Å². The number of aromatic nitrogens is 4. The molecule has 0 radical (unpaired) electrons. The molecule has 0 unspecified atom stereocenters. The maximum atomic E-state index is 6.01. The lowest BCUT2D eigenvalue weighted by atomic mass is 10.1. The van der Waals surface area contributed by atoms with Crippen LogP contribution in [0.4, 0.5) is 11.8 Å². The van der Waals surface area contributed by atoms with Crippen LogP contribution in [0.1, 0.15) is 6.42 Å². The zero-order chi connectivity index (χ0) is 23.4. The molecule has 0 aliphatic carbocycles. The number of hydrogen-bond acceptors (Lipinski definition) is 10. The fourth-order valence-electron chi connectivity index (χ4n) is 4.06. The van der Waals surface area contributed by atoms with Crippen LogP contribution in [0.5, 0.6) is 11.5 Å². The van der Waals surface area contributed by atoms with Gasteiger partial charge in [-0.05, 0) is 51.8 Å². The Morgan fingerprint density at radius 2 is 1.76 bits per heavy atom. The molecule has 1 aromatic carbocycles. The monoisotopic (exact) mass is 452 g/mol. The van der Waals surface area contributed by atoms with Crippen molar-refractivity contribution in [3.63, 3.8) is 0 Å². The molecule has 33 heavy (non-hydrogen) atoms. The highest BCUT2D eigenvalue weighted by molar-refractivity contribution is 5.86. The molecule has 10 nitrogen and oxygen atoms in total. The van der Waals surface area contributed by atoms with Crippen molar-refractivity contribution < 1.29 is 9.47 Å². The summed E-state index contributed by atoms with van der Waals surface area (Å²) in [5, 5.41) is 0. The summed E-state index contributed by atoms with van der Waals surface area (Å²) in [6.45, 7) is 5.86. The van der Waals surface area contributed by atoms with Gasteiger partial charge in [-0.1, -0.05) is 0 Å². The van der Waals surface area contributed by atoms with Crippen molar-refractivity contribution >= 4 is 22.9 Å². The van der Waals surface area contributed by atoms with Crippen molar-refractivity contribution in [1.29, 1.82) is 0 Å². The van der Waals surface area contributed by atoms with Gasteiger partial charge in [-0.2, -0.15) is 9.97 Å². The summed E-state index contributed by atoms with van der Waals surface area (Å²) in [5.41, 5.74) is 8.74. The molecule has 1 aliphatic heterocycles. The van der Waals surface area contributed by atoms with E-state index in [0.29, 0.717) is 28.4 Å². The van der Waals surface area contributed by atoms with Crippen LogP contribution in [0.25, 0.3) is 22.4 Å². The van der Waals surface area contributed by atoms with E-state index in [9.17, 15) is 0 Å². The fraction of sp³-hybridized carbons (Fsp3) is 0.478. The van der Waals surface area contributed by atoms with Crippen LogP contribution in [0.15, 0.2) is 24.4 Å². The van der Waals surface area contributed by atoms with Crippen LogP contribution in [0, 0.1) is 0 Å². The van der Waals surface area contributed by atoms with Gasteiger partial charge in [0.2, 0.25) is 5.95 Å². The van der Waals surface area contributed by atoms with Crippen LogP contribution in [0.2, 0.25) is 0 Å². The molecule has 4 rings (SSSR count). The Morgan fingerprint density at radius 3 is 2.45 bits per heavy atom. The lowest BCUT2D eigenvalue weighted by molar-refractivity contribution is 0.242. The molecule has 0 saturated carbocycles. The van der Waals surface area contributed by atoms with Gasteiger partial charge in [-0.25, -0.2) is 9.97 Å². The number of hydrogen-bond donors (Lipinski definition) is 1. The van der Waals surface area contributed by atoms with E-state index in [2.05, 4.69) is 43.7 Å². The standard InChI is InChI=1S/C23H32N8O2/c1-29(2)8-5-9-30-10-12-31(13-11-30)22-20-21(27-23(24)28-22)25-15-17(26-20)16-6-7-18(32-3)19(14-16)33-4/h6-7,14-15H,5,8-13H2,1-4H3,(H2,24,25,27,28). The summed E-state index contributed by atoms with van der Waals surface area (Å²) >= 11 is 0. The molecule has 2 aromatic heterocycles. The molecular formula is C23H32N8O2. The second kappa shape index (κ2) is 10.1. The Bertz CT molecular complexity index is 1100. The molecule has 0 spiro atoms. The van der Waals surface area contributed by atoms with Crippen LogP contribution >= 0.6 is 0 Å². The molecule has 10 heteroatoms. The van der Waals surface area contributed by atoms with Gasteiger partial charge in [-0.15, -0.1) is 0 Å².